The number of carbonyl (C=O) groups excluding carboxylic acids is 1. The number of rotatable bonds is 8. The van der Waals surface area contributed by atoms with Crippen LogP contribution in [0.5, 0.6) is 0 Å². The lowest BCUT2D eigenvalue weighted by Crippen LogP contribution is -2.39. The molecule has 3 aromatic rings. The van der Waals surface area contributed by atoms with Crippen molar-refractivity contribution < 1.29 is 9.18 Å². The molecule has 0 unspecified atom stereocenters. The van der Waals surface area contributed by atoms with Crippen LogP contribution in [0, 0.1) is 18.2 Å². The van der Waals surface area contributed by atoms with E-state index in [9.17, 15) is 9.18 Å². The summed E-state index contributed by atoms with van der Waals surface area (Å²) in [6.07, 6.45) is 6.95. The van der Waals surface area contributed by atoms with Gasteiger partial charge in [0.15, 0.2) is 0 Å². The van der Waals surface area contributed by atoms with E-state index in [2.05, 4.69) is 25.8 Å². The topological polar surface area (TPSA) is 109 Å². The molecule has 2 heterocycles. The maximum absolute atomic E-state index is 13.0. The fourth-order valence-corrected chi connectivity index (χ4v) is 2.78. The first-order chi connectivity index (χ1) is 14.5. The highest BCUT2D eigenvalue weighted by Crippen LogP contribution is 2.15. The summed E-state index contributed by atoms with van der Waals surface area (Å²) >= 11 is 0. The van der Waals surface area contributed by atoms with Crippen molar-refractivity contribution in [2.24, 2.45) is 0 Å². The highest BCUT2D eigenvalue weighted by molar-refractivity contribution is 6.07. The number of halogens is 1. The summed E-state index contributed by atoms with van der Waals surface area (Å²) in [7, 11) is 0. The Labute approximate surface area is 173 Å². The second kappa shape index (κ2) is 9.55. The molecule has 1 atom stereocenters. The SMILES string of the molecule is Cc1ccc(-n2nccn2)c(C(=O)N[C@@H](C)CN/C=C(\C=N)c2ccc(F)cn2)c1. The van der Waals surface area contributed by atoms with Crippen LogP contribution in [0.3, 0.4) is 0 Å². The van der Waals surface area contributed by atoms with Crippen molar-refractivity contribution in [1.29, 1.82) is 5.41 Å². The van der Waals surface area contributed by atoms with E-state index in [4.69, 9.17) is 5.41 Å². The smallest absolute Gasteiger partial charge is 0.253 e. The molecule has 0 saturated heterocycles. The molecule has 3 rings (SSSR count). The number of carbonyl (C=O) groups is 1. The molecular formula is C21H22FN7O. The predicted molar refractivity (Wildman–Crippen MR) is 112 cm³/mol. The van der Waals surface area contributed by atoms with Gasteiger partial charge in [-0.25, -0.2) is 4.39 Å². The van der Waals surface area contributed by atoms with Gasteiger partial charge in [0.25, 0.3) is 5.91 Å². The van der Waals surface area contributed by atoms with Gasteiger partial charge in [-0.3, -0.25) is 9.78 Å². The largest absolute Gasteiger partial charge is 0.388 e. The third-order valence-corrected chi connectivity index (χ3v) is 4.27. The number of nitrogens with zero attached hydrogens (tertiary/aromatic N) is 4. The molecule has 30 heavy (non-hydrogen) atoms. The average Bonchev–Trinajstić information content (AvgIpc) is 3.26. The molecule has 0 radical (unpaired) electrons. The van der Waals surface area contributed by atoms with Gasteiger partial charge in [0.1, 0.15) is 5.82 Å². The predicted octanol–water partition coefficient (Wildman–Crippen LogP) is 2.51. The Hall–Kier alpha value is -3.88. The van der Waals surface area contributed by atoms with Crippen molar-refractivity contribution in [2.45, 2.75) is 19.9 Å². The lowest BCUT2D eigenvalue weighted by molar-refractivity contribution is 0.0940. The Kier molecular flexibility index (Phi) is 6.63. The minimum atomic E-state index is -0.437. The molecule has 0 saturated carbocycles. The quantitative estimate of drug-likeness (QED) is 0.497. The van der Waals surface area contributed by atoms with E-state index in [1.807, 2.05) is 26.0 Å². The molecule has 2 aromatic heterocycles. The molecule has 9 heteroatoms. The molecule has 0 aliphatic carbocycles. The Bertz CT molecular complexity index is 1050. The van der Waals surface area contributed by atoms with Gasteiger partial charge in [-0.15, -0.1) is 0 Å². The summed E-state index contributed by atoms with van der Waals surface area (Å²) in [6, 6.07) is 8.08. The molecule has 0 aliphatic heterocycles. The van der Waals surface area contributed by atoms with Crippen LogP contribution in [0.15, 0.2) is 55.1 Å². The van der Waals surface area contributed by atoms with Gasteiger partial charge in [-0.2, -0.15) is 15.0 Å². The monoisotopic (exact) mass is 407 g/mol. The number of amides is 1. The van der Waals surface area contributed by atoms with Gasteiger partial charge in [0.05, 0.1) is 35.5 Å². The van der Waals surface area contributed by atoms with Gasteiger partial charge in [-0.1, -0.05) is 11.6 Å². The van der Waals surface area contributed by atoms with Crippen molar-refractivity contribution >= 4 is 17.7 Å². The number of aromatic nitrogens is 4. The Morgan fingerprint density at radius 2 is 2.03 bits per heavy atom. The van der Waals surface area contributed by atoms with Crippen LogP contribution in [0.25, 0.3) is 11.3 Å². The van der Waals surface area contributed by atoms with Gasteiger partial charge < -0.3 is 16.0 Å². The zero-order valence-corrected chi connectivity index (χ0v) is 16.6. The highest BCUT2D eigenvalue weighted by Gasteiger charge is 2.16. The van der Waals surface area contributed by atoms with Crippen molar-refractivity contribution in [3.63, 3.8) is 0 Å². The van der Waals surface area contributed by atoms with E-state index < -0.39 is 5.82 Å². The molecule has 0 spiro atoms. The van der Waals surface area contributed by atoms with Gasteiger partial charge in [0, 0.05) is 30.6 Å². The first kappa shape index (κ1) is 20.8. The van der Waals surface area contributed by atoms with E-state index in [0.717, 1.165) is 18.0 Å². The molecule has 0 fully saturated rings. The maximum Gasteiger partial charge on any atom is 0.253 e. The van der Waals surface area contributed by atoms with Gasteiger partial charge in [0.2, 0.25) is 0 Å². The van der Waals surface area contributed by atoms with E-state index in [1.165, 1.54) is 16.9 Å². The molecule has 8 nitrogen and oxygen atoms in total. The lowest BCUT2D eigenvalue weighted by Gasteiger charge is -2.16. The summed E-state index contributed by atoms with van der Waals surface area (Å²) in [6.45, 7) is 4.20. The van der Waals surface area contributed by atoms with Crippen LogP contribution in [-0.2, 0) is 0 Å². The molecule has 0 aliphatic rings. The van der Waals surface area contributed by atoms with Crippen LogP contribution in [0.4, 0.5) is 4.39 Å². The van der Waals surface area contributed by atoms with Gasteiger partial charge in [-0.05, 0) is 38.1 Å². The van der Waals surface area contributed by atoms with E-state index in [-0.39, 0.29) is 11.9 Å². The summed E-state index contributed by atoms with van der Waals surface area (Å²) in [5, 5.41) is 21.7. The molecule has 1 amide bonds. The Morgan fingerprint density at radius 3 is 2.70 bits per heavy atom. The summed E-state index contributed by atoms with van der Waals surface area (Å²) < 4.78 is 13.0. The maximum atomic E-state index is 13.0. The number of aryl methyl sites for hydroxylation is 1. The normalized spacial score (nSPS) is 12.3. The van der Waals surface area contributed by atoms with E-state index >= 15 is 0 Å². The van der Waals surface area contributed by atoms with Crippen LogP contribution in [0.1, 0.15) is 28.5 Å². The van der Waals surface area contributed by atoms with Crippen LogP contribution in [-0.4, -0.2) is 44.7 Å². The molecular weight excluding hydrogens is 385 g/mol. The number of pyridine rings is 1. The minimum absolute atomic E-state index is 0.208. The summed E-state index contributed by atoms with van der Waals surface area (Å²) in [5.41, 5.74) is 3.00. The number of benzene rings is 1. The molecule has 0 bridgehead atoms. The second-order valence-electron chi connectivity index (χ2n) is 6.73. The number of nitrogens with one attached hydrogen (secondary N) is 3. The molecule has 154 valence electrons. The summed E-state index contributed by atoms with van der Waals surface area (Å²) in [4.78, 5) is 18.2. The zero-order chi connectivity index (χ0) is 21.5. The van der Waals surface area contributed by atoms with Crippen LogP contribution < -0.4 is 10.6 Å². The van der Waals surface area contributed by atoms with Gasteiger partial charge >= 0.3 is 0 Å². The minimum Gasteiger partial charge on any atom is -0.388 e. The van der Waals surface area contributed by atoms with E-state index in [0.29, 0.717) is 29.1 Å². The number of allylic oxidation sites excluding steroid dienone is 1. The molecule has 1 aromatic carbocycles. The average molecular weight is 407 g/mol. The zero-order valence-electron chi connectivity index (χ0n) is 16.6. The van der Waals surface area contributed by atoms with Crippen molar-refractivity contribution in [3.05, 3.63) is 77.8 Å². The standard InChI is InChI=1S/C21H22FN7O/c1-14-3-6-20(29-26-7-8-27-29)18(9-14)21(30)28-15(2)11-24-12-16(10-23)19-5-4-17(22)13-25-19/h3-10,12-13,15,23-24H,11H2,1-2H3,(H,28,30)/b16-12+,23-10?/t15-/m0/s1. The highest BCUT2D eigenvalue weighted by atomic mass is 19.1. The fraction of sp³-hybridized carbons (Fsp3) is 0.190. The van der Waals surface area contributed by atoms with Crippen LogP contribution >= 0.6 is 0 Å². The number of hydrogen-bond acceptors (Lipinski definition) is 6. The molecule has 3 N–H and O–H groups in total. The van der Waals surface area contributed by atoms with Crippen molar-refractivity contribution in [2.75, 3.05) is 6.54 Å². The first-order valence-corrected chi connectivity index (χ1v) is 9.32. The third kappa shape index (κ3) is 5.13. The summed E-state index contributed by atoms with van der Waals surface area (Å²) in [5.74, 6) is -0.676. The third-order valence-electron chi connectivity index (χ3n) is 4.27. The van der Waals surface area contributed by atoms with Crippen molar-refractivity contribution in [3.8, 4) is 5.69 Å². The Morgan fingerprint density at radius 1 is 1.27 bits per heavy atom. The van der Waals surface area contributed by atoms with Crippen LogP contribution in [0.2, 0.25) is 0 Å². The number of hydrogen-bond donors (Lipinski definition) is 3. The Balaban J connectivity index is 1.64. The van der Waals surface area contributed by atoms with Crippen molar-refractivity contribution in [1.82, 2.24) is 30.6 Å². The van der Waals surface area contributed by atoms with E-state index in [1.54, 1.807) is 24.7 Å². The fourth-order valence-electron chi connectivity index (χ4n) is 2.78. The second-order valence-corrected chi connectivity index (χ2v) is 6.73. The lowest BCUT2D eigenvalue weighted by atomic mass is 10.1. The first-order valence-electron chi connectivity index (χ1n) is 9.32.